The van der Waals surface area contributed by atoms with Crippen LogP contribution in [0.1, 0.15) is 40.0 Å². The van der Waals surface area contributed by atoms with Gasteiger partial charge in [-0.1, -0.05) is 0 Å². The average molecular weight is 340 g/mol. The molecule has 1 unspecified atom stereocenters. The third kappa shape index (κ3) is 9.65. The maximum atomic E-state index is 12.0. The number of hydrogen-bond donors (Lipinski definition) is 1. The normalized spacial score (nSPS) is 20.3. The van der Waals surface area contributed by atoms with Crippen LogP contribution in [0.4, 0.5) is 18.0 Å². The molecule has 0 aromatic carbocycles. The van der Waals surface area contributed by atoms with Crippen LogP contribution in [0.5, 0.6) is 0 Å². The highest BCUT2D eigenvalue weighted by molar-refractivity contribution is 5.68. The van der Waals surface area contributed by atoms with Gasteiger partial charge in [-0.25, -0.2) is 4.79 Å². The molecule has 1 amide bonds. The van der Waals surface area contributed by atoms with Crippen LogP contribution in [-0.2, 0) is 9.47 Å². The van der Waals surface area contributed by atoms with Gasteiger partial charge in [0.15, 0.2) is 0 Å². The molecule has 0 bridgehead atoms. The quantitative estimate of drug-likeness (QED) is 0.782. The topological polar surface area (TPSA) is 50.8 Å². The summed E-state index contributed by atoms with van der Waals surface area (Å²) in [4.78, 5) is 13.7. The molecule has 1 saturated heterocycles. The van der Waals surface area contributed by atoms with Crippen LogP contribution in [-0.4, -0.2) is 61.7 Å². The van der Waals surface area contributed by atoms with E-state index in [1.165, 1.54) is 0 Å². The van der Waals surface area contributed by atoms with Crippen molar-refractivity contribution >= 4 is 6.09 Å². The number of likely N-dealkylation sites (tertiary alicyclic amines) is 1. The zero-order valence-corrected chi connectivity index (χ0v) is 14.0. The maximum absolute atomic E-state index is 12.0. The number of carbonyl (C=O) groups excluding carboxylic acids is 1. The minimum atomic E-state index is -4.28. The average Bonchev–Trinajstić information content (AvgIpc) is 2.60. The molecule has 1 atom stereocenters. The number of halogens is 3. The number of hydrogen-bond acceptors (Lipinski definition) is 4. The molecular formula is C15H27F3N2O3. The van der Waals surface area contributed by atoms with Crippen LogP contribution in [0, 0.1) is 0 Å². The Morgan fingerprint density at radius 1 is 1.22 bits per heavy atom. The summed E-state index contributed by atoms with van der Waals surface area (Å²) in [6, 6.07) is 0.178. The SMILES string of the molecule is CC(C)(C)OC(=O)N1CCCC(NCCOCC(F)(F)F)CC1. The molecule has 136 valence electrons. The maximum Gasteiger partial charge on any atom is 0.411 e. The van der Waals surface area contributed by atoms with E-state index < -0.39 is 18.4 Å². The Bertz CT molecular complexity index is 370. The first-order valence-corrected chi connectivity index (χ1v) is 7.93. The van der Waals surface area contributed by atoms with Gasteiger partial charge in [0.1, 0.15) is 12.2 Å². The van der Waals surface area contributed by atoms with Gasteiger partial charge in [-0.05, 0) is 40.0 Å². The second-order valence-corrected chi connectivity index (χ2v) is 6.72. The highest BCUT2D eigenvalue weighted by Crippen LogP contribution is 2.16. The van der Waals surface area contributed by atoms with Gasteiger partial charge in [0.25, 0.3) is 0 Å². The zero-order chi connectivity index (χ0) is 17.5. The van der Waals surface area contributed by atoms with E-state index in [0.717, 1.165) is 19.3 Å². The number of rotatable bonds is 5. The van der Waals surface area contributed by atoms with Crippen molar-refractivity contribution in [1.82, 2.24) is 10.2 Å². The smallest absolute Gasteiger partial charge is 0.411 e. The Morgan fingerprint density at radius 2 is 1.91 bits per heavy atom. The molecule has 0 aromatic rings. The Kier molecular flexibility index (Phi) is 7.60. The predicted molar refractivity (Wildman–Crippen MR) is 80.3 cm³/mol. The fourth-order valence-electron chi connectivity index (χ4n) is 2.33. The first-order valence-electron chi connectivity index (χ1n) is 7.93. The highest BCUT2D eigenvalue weighted by atomic mass is 19.4. The number of alkyl halides is 3. The lowest BCUT2D eigenvalue weighted by Gasteiger charge is -2.26. The highest BCUT2D eigenvalue weighted by Gasteiger charge is 2.27. The number of nitrogens with zero attached hydrogens (tertiary/aromatic N) is 1. The molecule has 5 nitrogen and oxygen atoms in total. The molecule has 0 radical (unpaired) electrons. The lowest BCUT2D eigenvalue weighted by atomic mass is 10.1. The molecular weight excluding hydrogens is 313 g/mol. The molecule has 0 aliphatic carbocycles. The van der Waals surface area contributed by atoms with Gasteiger partial charge in [-0.15, -0.1) is 0 Å². The summed E-state index contributed by atoms with van der Waals surface area (Å²) in [7, 11) is 0. The van der Waals surface area contributed by atoms with Crippen LogP contribution in [0.2, 0.25) is 0 Å². The van der Waals surface area contributed by atoms with E-state index in [9.17, 15) is 18.0 Å². The summed E-state index contributed by atoms with van der Waals surface area (Å²) in [5.41, 5.74) is -0.517. The van der Waals surface area contributed by atoms with Gasteiger partial charge < -0.3 is 19.7 Å². The fourth-order valence-corrected chi connectivity index (χ4v) is 2.33. The van der Waals surface area contributed by atoms with Crippen molar-refractivity contribution in [2.24, 2.45) is 0 Å². The molecule has 0 aromatic heterocycles. The van der Waals surface area contributed by atoms with Crippen molar-refractivity contribution in [3.63, 3.8) is 0 Å². The minimum Gasteiger partial charge on any atom is -0.444 e. The molecule has 1 N–H and O–H groups in total. The van der Waals surface area contributed by atoms with Crippen LogP contribution in [0.15, 0.2) is 0 Å². The van der Waals surface area contributed by atoms with Crippen LogP contribution in [0.3, 0.4) is 0 Å². The Morgan fingerprint density at radius 3 is 2.52 bits per heavy atom. The first kappa shape index (κ1) is 20.0. The van der Waals surface area contributed by atoms with Crippen molar-refractivity contribution < 1.29 is 27.4 Å². The number of ether oxygens (including phenoxy) is 2. The Labute approximate surface area is 135 Å². The van der Waals surface area contributed by atoms with Crippen molar-refractivity contribution in [3.8, 4) is 0 Å². The van der Waals surface area contributed by atoms with Crippen molar-refractivity contribution in [3.05, 3.63) is 0 Å². The fraction of sp³-hybridized carbons (Fsp3) is 0.933. The van der Waals surface area contributed by atoms with Crippen molar-refractivity contribution in [2.45, 2.75) is 57.9 Å². The first-order chi connectivity index (χ1) is 10.6. The molecule has 1 fully saturated rings. The van der Waals surface area contributed by atoms with E-state index in [-0.39, 0.29) is 18.7 Å². The molecule has 0 saturated carbocycles. The number of carbonyl (C=O) groups is 1. The lowest BCUT2D eigenvalue weighted by molar-refractivity contribution is -0.173. The van der Waals surface area contributed by atoms with E-state index in [1.807, 2.05) is 20.8 Å². The van der Waals surface area contributed by atoms with Crippen LogP contribution in [0.25, 0.3) is 0 Å². The van der Waals surface area contributed by atoms with Crippen LogP contribution < -0.4 is 5.32 Å². The summed E-state index contributed by atoms with van der Waals surface area (Å²) >= 11 is 0. The largest absolute Gasteiger partial charge is 0.444 e. The van der Waals surface area contributed by atoms with Gasteiger partial charge in [-0.3, -0.25) is 0 Å². The second kappa shape index (κ2) is 8.73. The Hall–Kier alpha value is -1.02. The zero-order valence-electron chi connectivity index (χ0n) is 14.0. The summed E-state index contributed by atoms with van der Waals surface area (Å²) < 4.78 is 45.7. The molecule has 1 rings (SSSR count). The monoisotopic (exact) mass is 340 g/mol. The van der Waals surface area contributed by atoms with Gasteiger partial charge in [0.05, 0.1) is 6.61 Å². The molecule has 23 heavy (non-hydrogen) atoms. The molecule has 1 aliphatic rings. The summed E-state index contributed by atoms with van der Waals surface area (Å²) in [5, 5.41) is 3.18. The van der Waals surface area contributed by atoms with Gasteiger partial charge in [0, 0.05) is 25.7 Å². The minimum absolute atomic E-state index is 0.0196. The standard InChI is InChI=1S/C15H27F3N2O3/c1-14(2,3)23-13(21)20-8-4-5-12(6-9-20)19-7-10-22-11-15(16,17)18/h12,19H,4-11H2,1-3H3. The van der Waals surface area contributed by atoms with Crippen molar-refractivity contribution in [2.75, 3.05) is 32.8 Å². The van der Waals surface area contributed by atoms with E-state index in [2.05, 4.69) is 10.1 Å². The van der Waals surface area contributed by atoms with Gasteiger partial charge in [-0.2, -0.15) is 13.2 Å². The van der Waals surface area contributed by atoms with E-state index in [4.69, 9.17) is 4.74 Å². The molecule has 0 spiro atoms. The van der Waals surface area contributed by atoms with E-state index in [1.54, 1.807) is 4.90 Å². The lowest BCUT2D eigenvalue weighted by Crippen LogP contribution is -2.38. The third-order valence-electron chi connectivity index (χ3n) is 3.32. The summed E-state index contributed by atoms with van der Waals surface area (Å²) in [6.45, 7) is 5.87. The van der Waals surface area contributed by atoms with Gasteiger partial charge >= 0.3 is 12.3 Å². The summed E-state index contributed by atoms with van der Waals surface area (Å²) in [5.74, 6) is 0. The Balaban J connectivity index is 2.23. The predicted octanol–water partition coefficient (Wildman–Crippen LogP) is 2.94. The number of amides is 1. The third-order valence-corrected chi connectivity index (χ3v) is 3.32. The molecule has 1 aliphatic heterocycles. The second-order valence-electron chi connectivity index (χ2n) is 6.72. The molecule has 8 heteroatoms. The van der Waals surface area contributed by atoms with E-state index in [0.29, 0.717) is 19.6 Å². The van der Waals surface area contributed by atoms with Crippen molar-refractivity contribution in [1.29, 1.82) is 0 Å². The summed E-state index contributed by atoms with van der Waals surface area (Å²) in [6.07, 6.45) is -2.14. The van der Waals surface area contributed by atoms with Crippen LogP contribution >= 0.6 is 0 Å². The number of nitrogens with one attached hydrogen (secondary N) is 1. The van der Waals surface area contributed by atoms with E-state index >= 15 is 0 Å². The van der Waals surface area contributed by atoms with Gasteiger partial charge in [0.2, 0.25) is 0 Å². The molecule has 1 heterocycles.